The van der Waals surface area contributed by atoms with Crippen molar-refractivity contribution >= 4 is 23.2 Å². The van der Waals surface area contributed by atoms with Gasteiger partial charge in [0.05, 0.1) is 17.3 Å². The van der Waals surface area contributed by atoms with Crippen molar-refractivity contribution in [1.29, 1.82) is 0 Å². The summed E-state index contributed by atoms with van der Waals surface area (Å²) in [7, 11) is 1.64. The van der Waals surface area contributed by atoms with Gasteiger partial charge in [0, 0.05) is 26.6 Å². The van der Waals surface area contributed by atoms with Gasteiger partial charge in [0.15, 0.2) is 0 Å². The topological polar surface area (TPSA) is 50.4 Å². The Morgan fingerprint density at radius 3 is 2.82 bits per heavy atom. The molecule has 1 aromatic rings. The molecular weight excluding hydrogens is 240 g/mol. The fraction of sp³-hybridized carbons (Fsp3) is 0.417. The van der Waals surface area contributed by atoms with Crippen molar-refractivity contribution in [3.05, 3.63) is 29.3 Å². The number of halogens is 1. The number of carbonyl (C=O) groups is 1. The summed E-state index contributed by atoms with van der Waals surface area (Å²) in [5.41, 5.74) is 0.649. The minimum atomic E-state index is -0.0528. The molecule has 0 unspecified atom stereocenters. The molecule has 0 aliphatic carbocycles. The zero-order valence-electron chi connectivity index (χ0n) is 9.83. The predicted octanol–water partition coefficient (Wildman–Crippen LogP) is 1.90. The second-order valence-corrected chi connectivity index (χ2v) is 3.93. The fourth-order valence-corrected chi connectivity index (χ4v) is 1.46. The molecule has 1 amide bonds. The van der Waals surface area contributed by atoms with Crippen LogP contribution >= 0.6 is 11.6 Å². The molecule has 0 heterocycles. The van der Waals surface area contributed by atoms with Crippen LogP contribution in [0.25, 0.3) is 0 Å². The van der Waals surface area contributed by atoms with E-state index in [9.17, 15) is 4.79 Å². The van der Waals surface area contributed by atoms with Gasteiger partial charge in [-0.1, -0.05) is 23.7 Å². The van der Waals surface area contributed by atoms with Gasteiger partial charge in [-0.2, -0.15) is 0 Å². The molecule has 0 aliphatic heterocycles. The second-order valence-electron chi connectivity index (χ2n) is 3.52. The quantitative estimate of drug-likeness (QED) is 0.733. The van der Waals surface area contributed by atoms with Crippen LogP contribution in [0.1, 0.15) is 6.42 Å². The second kappa shape index (κ2) is 8.06. The number of para-hydroxylation sites is 1. The van der Waals surface area contributed by atoms with Gasteiger partial charge in [-0.05, 0) is 12.1 Å². The molecule has 0 fully saturated rings. The molecule has 1 rings (SSSR count). The molecule has 0 aliphatic rings. The van der Waals surface area contributed by atoms with Crippen LogP contribution in [0.2, 0.25) is 5.02 Å². The number of benzene rings is 1. The zero-order valence-corrected chi connectivity index (χ0v) is 10.6. The van der Waals surface area contributed by atoms with E-state index in [4.69, 9.17) is 16.3 Å². The Hall–Kier alpha value is -1.10. The first-order valence-electron chi connectivity index (χ1n) is 5.48. The maximum absolute atomic E-state index is 11.6. The monoisotopic (exact) mass is 256 g/mol. The molecule has 0 saturated carbocycles. The first-order chi connectivity index (χ1) is 8.24. The maximum Gasteiger partial charge on any atom is 0.225 e. The highest BCUT2D eigenvalue weighted by Crippen LogP contribution is 2.20. The average Bonchev–Trinajstić information content (AvgIpc) is 2.32. The van der Waals surface area contributed by atoms with Crippen molar-refractivity contribution in [2.24, 2.45) is 0 Å². The number of ether oxygens (including phenoxy) is 1. The average molecular weight is 257 g/mol. The van der Waals surface area contributed by atoms with Crippen molar-refractivity contribution in [1.82, 2.24) is 5.32 Å². The van der Waals surface area contributed by atoms with Gasteiger partial charge in [-0.3, -0.25) is 4.79 Å². The SMILES string of the molecule is COCCNCCC(=O)Nc1ccccc1Cl. The van der Waals surface area contributed by atoms with Crippen molar-refractivity contribution in [3.63, 3.8) is 0 Å². The van der Waals surface area contributed by atoms with Crippen molar-refractivity contribution in [2.75, 3.05) is 32.1 Å². The lowest BCUT2D eigenvalue weighted by molar-refractivity contribution is -0.116. The number of nitrogens with one attached hydrogen (secondary N) is 2. The first kappa shape index (κ1) is 14.0. The minimum Gasteiger partial charge on any atom is -0.383 e. The van der Waals surface area contributed by atoms with E-state index >= 15 is 0 Å². The van der Waals surface area contributed by atoms with E-state index < -0.39 is 0 Å². The Balaban J connectivity index is 2.23. The molecule has 5 heteroatoms. The molecule has 2 N–H and O–H groups in total. The Bertz CT molecular complexity index is 358. The van der Waals surface area contributed by atoms with Gasteiger partial charge in [0.25, 0.3) is 0 Å². The van der Waals surface area contributed by atoms with Crippen LogP contribution in [0.4, 0.5) is 5.69 Å². The highest BCUT2D eigenvalue weighted by atomic mass is 35.5. The molecule has 0 atom stereocenters. The molecule has 94 valence electrons. The summed E-state index contributed by atoms with van der Waals surface area (Å²) in [5.74, 6) is -0.0528. The van der Waals surface area contributed by atoms with E-state index in [1.807, 2.05) is 12.1 Å². The van der Waals surface area contributed by atoms with Crippen molar-refractivity contribution in [2.45, 2.75) is 6.42 Å². The fourth-order valence-electron chi connectivity index (χ4n) is 1.28. The number of hydrogen-bond donors (Lipinski definition) is 2. The Morgan fingerprint density at radius 1 is 1.35 bits per heavy atom. The number of rotatable bonds is 7. The lowest BCUT2D eigenvalue weighted by Gasteiger charge is -2.07. The van der Waals surface area contributed by atoms with Crippen molar-refractivity contribution < 1.29 is 9.53 Å². The van der Waals surface area contributed by atoms with E-state index in [0.717, 1.165) is 6.54 Å². The Kier molecular flexibility index (Phi) is 6.62. The summed E-state index contributed by atoms with van der Waals surface area (Å²) >= 11 is 5.92. The normalized spacial score (nSPS) is 10.2. The largest absolute Gasteiger partial charge is 0.383 e. The third kappa shape index (κ3) is 5.68. The molecule has 0 saturated heterocycles. The van der Waals surface area contributed by atoms with E-state index in [1.165, 1.54) is 0 Å². The van der Waals surface area contributed by atoms with Gasteiger partial charge >= 0.3 is 0 Å². The van der Waals surface area contributed by atoms with Gasteiger partial charge in [0.2, 0.25) is 5.91 Å². The summed E-state index contributed by atoms with van der Waals surface area (Å²) in [6.45, 7) is 2.02. The van der Waals surface area contributed by atoms with Crippen LogP contribution < -0.4 is 10.6 Å². The maximum atomic E-state index is 11.6. The highest BCUT2D eigenvalue weighted by molar-refractivity contribution is 6.33. The van der Waals surface area contributed by atoms with Gasteiger partial charge in [-0.25, -0.2) is 0 Å². The number of anilines is 1. The molecular formula is C12H17ClN2O2. The standard InChI is InChI=1S/C12H17ClN2O2/c1-17-9-8-14-7-6-12(16)15-11-5-3-2-4-10(11)13/h2-5,14H,6-9H2,1H3,(H,15,16). The lowest BCUT2D eigenvalue weighted by Crippen LogP contribution is -2.24. The van der Waals surface area contributed by atoms with E-state index in [0.29, 0.717) is 30.3 Å². The molecule has 17 heavy (non-hydrogen) atoms. The van der Waals surface area contributed by atoms with Gasteiger partial charge < -0.3 is 15.4 Å². The summed E-state index contributed by atoms with van der Waals surface area (Å²) in [6, 6.07) is 7.18. The number of carbonyl (C=O) groups excluding carboxylic acids is 1. The Morgan fingerprint density at radius 2 is 2.12 bits per heavy atom. The molecule has 0 bridgehead atoms. The van der Waals surface area contributed by atoms with Crippen LogP contribution in [0.3, 0.4) is 0 Å². The summed E-state index contributed by atoms with van der Waals surface area (Å²) < 4.78 is 4.88. The third-order valence-corrected chi connectivity index (χ3v) is 2.49. The van der Waals surface area contributed by atoms with Crippen LogP contribution in [0.5, 0.6) is 0 Å². The summed E-state index contributed by atoms with van der Waals surface area (Å²) in [4.78, 5) is 11.6. The van der Waals surface area contributed by atoms with E-state index in [2.05, 4.69) is 10.6 Å². The molecule has 1 aromatic carbocycles. The van der Waals surface area contributed by atoms with Gasteiger partial charge in [-0.15, -0.1) is 0 Å². The van der Waals surface area contributed by atoms with Crippen molar-refractivity contribution in [3.8, 4) is 0 Å². The van der Waals surface area contributed by atoms with E-state index in [1.54, 1.807) is 19.2 Å². The summed E-state index contributed by atoms with van der Waals surface area (Å²) in [5, 5.41) is 6.41. The molecule has 0 radical (unpaired) electrons. The Labute approximate surface area is 106 Å². The first-order valence-corrected chi connectivity index (χ1v) is 5.86. The summed E-state index contributed by atoms with van der Waals surface area (Å²) in [6.07, 6.45) is 0.412. The van der Waals surface area contributed by atoms with Crippen LogP contribution in [-0.4, -0.2) is 32.7 Å². The smallest absolute Gasteiger partial charge is 0.225 e. The zero-order chi connectivity index (χ0) is 12.5. The highest BCUT2D eigenvalue weighted by Gasteiger charge is 2.04. The molecule has 4 nitrogen and oxygen atoms in total. The molecule has 0 spiro atoms. The minimum absolute atomic E-state index is 0.0528. The number of methoxy groups -OCH3 is 1. The van der Waals surface area contributed by atoms with Crippen LogP contribution in [-0.2, 0) is 9.53 Å². The van der Waals surface area contributed by atoms with Crippen LogP contribution in [0, 0.1) is 0 Å². The number of hydrogen-bond acceptors (Lipinski definition) is 3. The van der Waals surface area contributed by atoms with Crippen LogP contribution in [0.15, 0.2) is 24.3 Å². The van der Waals surface area contributed by atoms with Gasteiger partial charge in [0.1, 0.15) is 0 Å². The number of amides is 1. The lowest BCUT2D eigenvalue weighted by atomic mass is 10.3. The third-order valence-electron chi connectivity index (χ3n) is 2.16. The predicted molar refractivity (Wildman–Crippen MR) is 69.4 cm³/mol. The van der Waals surface area contributed by atoms with E-state index in [-0.39, 0.29) is 5.91 Å². The molecule has 0 aromatic heterocycles.